The van der Waals surface area contributed by atoms with Gasteiger partial charge < -0.3 is 19.4 Å². The molecule has 0 spiro atoms. The third kappa shape index (κ3) is 6.73. The van der Waals surface area contributed by atoms with Crippen LogP contribution in [0.1, 0.15) is 63.6 Å². The number of H-pyrrole nitrogens is 1. The normalized spacial score (nSPS) is 12.1. The molecule has 5 rings (SSSR count). The Labute approximate surface area is 247 Å². The lowest BCUT2D eigenvalue weighted by atomic mass is 9.84. The number of nitrogens with zero attached hydrogens (tertiary/aromatic N) is 3. The minimum Gasteiger partial charge on any atom is -0.487 e. The lowest BCUT2D eigenvalue weighted by Crippen LogP contribution is -2.28. The van der Waals surface area contributed by atoms with Crippen LogP contribution in [0.15, 0.2) is 79.3 Å². The Bertz CT molecular complexity index is 1640. The van der Waals surface area contributed by atoms with E-state index in [-0.39, 0.29) is 5.41 Å². The molecule has 0 unspecified atom stereocenters. The highest BCUT2D eigenvalue weighted by atomic mass is 16.5. The number of aromatic nitrogens is 4. The standard InChI is InChI=1S/C35H40N4O3/c1-34(2,3)16-15-28-29-20-27(42-23-26-8-6-7-17-36-26)13-14-30(29)39(31(28)21-35(4,5)33(40)41)22-24-9-11-25(12-10-24)32-37-18-19-38-32/h6-14,17-20H,15-16,21-23H2,1-5H3,(H,37,38)(H,40,41). The molecular weight excluding hydrogens is 524 g/mol. The molecule has 3 aromatic heterocycles. The maximum Gasteiger partial charge on any atom is 0.309 e. The van der Waals surface area contributed by atoms with Crippen LogP contribution in [0, 0.1) is 10.8 Å². The zero-order valence-corrected chi connectivity index (χ0v) is 25.1. The monoisotopic (exact) mass is 564 g/mol. The van der Waals surface area contributed by atoms with Gasteiger partial charge in [-0.15, -0.1) is 0 Å². The molecule has 3 heterocycles. The van der Waals surface area contributed by atoms with Gasteiger partial charge in [0, 0.05) is 53.7 Å². The lowest BCUT2D eigenvalue weighted by Gasteiger charge is -2.23. The predicted molar refractivity (Wildman–Crippen MR) is 167 cm³/mol. The van der Waals surface area contributed by atoms with Crippen LogP contribution >= 0.6 is 0 Å². The molecule has 2 N–H and O–H groups in total. The fourth-order valence-electron chi connectivity index (χ4n) is 5.22. The van der Waals surface area contributed by atoms with Gasteiger partial charge in [0.25, 0.3) is 0 Å². The number of fused-ring (bicyclic) bond motifs is 1. The molecule has 0 aliphatic heterocycles. The van der Waals surface area contributed by atoms with E-state index in [0.29, 0.717) is 19.6 Å². The van der Waals surface area contributed by atoms with E-state index in [4.69, 9.17) is 4.74 Å². The summed E-state index contributed by atoms with van der Waals surface area (Å²) in [5.74, 6) is 0.803. The Morgan fingerprint density at radius 3 is 2.40 bits per heavy atom. The van der Waals surface area contributed by atoms with Gasteiger partial charge in [-0.2, -0.15) is 0 Å². The molecule has 7 nitrogen and oxygen atoms in total. The van der Waals surface area contributed by atoms with E-state index in [1.165, 1.54) is 5.56 Å². The molecule has 2 aromatic carbocycles. The highest BCUT2D eigenvalue weighted by Crippen LogP contribution is 2.37. The maximum atomic E-state index is 12.3. The number of carboxylic acids is 1. The largest absolute Gasteiger partial charge is 0.487 e. The first kappa shape index (κ1) is 29.1. The summed E-state index contributed by atoms with van der Waals surface area (Å²) in [5.41, 5.74) is 5.57. The zero-order chi connectivity index (χ0) is 29.9. The van der Waals surface area contributed by atoms with Gasteiger partial charge in [0.15, 0.2) is 0 Å². The van der Waals surface area contributed by atoms with Crippen LogP contribution in [-0.2, 0) is 30.8 Å². The van der Waals surface area contributed by atoms with Gasteiger partial charge in [-0.1, -0.05) is 51.1 Å². The van der Waals surface area contributed by atoms with Crippen LogP contribution in [-0.4, -0.2) is 30.6 Å². The van der Waals surface area contributed by atoms with E-state index in [9.17, 15) is 9.90 Å². The second kappa shape index (κ2) is 11.8. The summed E-state index contributed by atoms with van der Waals surface area (Å²) < 4.78 is 8.49. The molecular formula is C35H40N4O3. The zero-order valence-electron chi connectivity index (χ0n) is 25.1. The molecule has 0 radical (unpaired) electrons. The predicted octanol–water partition coefficient (Wildman–Crippen LogP) is 7.69. The van der Waals surface area contributed by atoms with Crippen molar-refractivity contribution in [1.29, 1.82) is 0 Å². The summed E-state index contributed by atoms with van der Waals surface area (Å²) >= 11 is 0. The number of pyridine rings is 1. The second-order valence-corrected chi connectivity index (χ2v) is 12.9. The average Bonchev–Trinajstić information content (AvgIpc) is 3.58. The first-order valence-electron chi connectivity index (χ1n) is 14.5. The van der Waals surface area contributed by atoms with Gasteiger partial charge in [0.2, 0.25) is 0 Å². The van der Waals surface area contributed by atoms with Gasteiger partial charge in [0.1, 0.15) is 18.2 Å². The van der Waals surface area contributed by atoms with Gasteiger partial charge in [0.05, 0.1) is 11.1 Å². The van der Waals surface area contributed by atoms with Gasteiger partial charge in [-0.05, 0) is 73.6 Å². The van der Waals surface area contributed by atoms with Crippen LogP contribution in [0.5, 0.6) is 5.75 Å². The molecule has 0 saturated heterocycles. The minimum absolute atomic E-state index is 0.128. The average molecular weight is 565 g/mol. The summed E-state index contributed by atoms with van der Waals surface area (Å²) in [6.07, 6.45) is 7.58. The number of hydrogen-bond acceptors (Lipinski definition) is 4. The molecule has 0 amide bonds. The topological polar surface area (TPSA) is 93.0 Å². The van der Waals surface area contributed by atoms with Crippen LogP contribution in [0.2, 0.25) is 0 Å². The van der Waals surface area contributed by atoms with Crippen molar-refractivity contribution in [3.05, 3.63) is 102 Å². The van der Waals surface area contributed by atoms with Crippen molar-refractivity contribution in [1.82, 2.24) is 19.5 Å². The summed E-state index contributed by atoms with van der Waals surface area (Å²) in [6.45, 7) is 11.4. The third-order valence-electron chi connectivity index (χ3n) is 7.75. The van der Waals surface area contributed by atoms with E-state index in [1.807, 2.05) is 44.3 Å². The number of ether oxygens (including phenoxy) is 1. The molecule has 0 saturated carbocycles. The van der Waals surface area contributed by atoms with Crippen LogP contribution < -0.4 is 4.74 Å². The Morgan fingerprint density at radius 1 is 0.976 bits per heavy atom. The van der Waals surface area contributed by atoms with E-state index in [2.05, 4.69) is 76.7 Å². The number of imidazole rings is 1. The molecule has 42 heavy (non-hydrogen) atoms. The number of hydrogen-bond donors (Lipinski definition) is 2. The fraction of sp³-hybridized carbons (Fsp3) is 0.343. The molecule has 0 bridgehead atoms. The molecule has 0 atom stereocenters. The van der Waals surface area contributed by atoms with Crippen molar-refractivity contribution in [2.75, 3.05) is 0 Å². The smallest absolute Gasteiger partial charge is 0.309 e. The van der Waals surface area contributed by atoms with Crippen molar-refractivity contribution in [2.24, 2.45) is 10.8 Å². The van der Waals surface area contributed by atoms with Crippen molar-refractivity contribution >= 4 is 16.9 Å². The second-order valence-electron chi connectivity index (χ2n) is 12.9. The number of nitrogens with one attached hydrogen (secondary N) is 1. The minimum atomic E-state index is -0.927. The van der Waals surface area contributed by atoms with Gasteiger partial charge in [-0.25, -0.2) is 4.98 Å². The van der Waals surface area contributed by atoms with E-state index >= 15 is 0 Å². The summed E-state index contributed by atoms with van der Waals surface area (Å²) in [5, 5.41) is 11.2. The number of aryl methyl sites for hydroxylation is 1. The van der Waals surface area contributed by atoms with E-state index < -0.39 is 11.4 Å². The Kier molecular flexibility index (Phi) is 8.21. The fourth-order valence-corrected chi connectivity index (χ4v) is 5.22. The molecule has 0 fully saturated rings. The molecule has 218 valence electrons. The summed E-state index contributed by atoms with van der Waals surface area (Å²) in [6, 6.07) is 20.4. The molecule has 0 aliphatic rings. The summed E-state index contributed by atoms with van der Waals surface area (Å²) in [7, 11) is 0. The quantitative estimate of drug-likeness (QED) is 0.172. The molecule has 5 aromatic rings. The maximum absolute atomic E-state index is 12.3. The SMILES string of the molecule is CC(C)(C)CCc1c(CC(C)(C)C(=O)O)n(Cc2ccc(-c3ncc[nH]3)cc2)c2ccc(OCc3ccccn3)cc12. The number of benzene rings is 2. The van der Waals surface area contributed by atoms with E-state index in [0.717, 1.165) is 57.8 Å². The number of aromatic amines is 1. The highest BCUT2D eigenvalue weighted by Gasteiger charge is 2.32. The number of carboxylic acid groups (broad SMARTS) is 1. The van der Waals surface area contributed by atoms with Crippen LogP contribution in [0.25, 0.3) is 22.3 Å². The van der Waals surface area contributed by atoms with Crippen molar-refractivity contribution in [3.63, 3.8) is 0 Å². The van der Waals surface area contributed by atoms with Gasteiger partial charge >= 0.3 is 5.97 Å². The number of rotatable bonds is 11. The third-order valence-corrected chi connectivity index (χ3v) is 7.75. The molecule has 7 heteroatoms. The van der Waals surface area contributed by atoms with Crippen molar-refractivity contribution < 1.29 is 14.6 Å². The van der Waals surface area contributed by atoms with Crippen molar-refractivity contribution in [3.8, 4) is 17.1 Å². The van der Waals surface area contributed by atoms with Gasteiger partial charge in [-0.3, -0.25) is 9.78 Å². The first-order valence-corrected chi connectivity index (χ1v) is 14.5. The number of aliphatic carboxylic acids is 1. The Hall–Kier alpha value is -4.39. The number of carbonyl (C=O) groups is 1. The first-order chi connectivity index (χ1) is 20.0. The highest BCUT2D eigenvalue weighted by molar-refractivity contribution is 5.87. The lowest BCUT2D eigenvalue weighted by molar-refractivity contribution is -0.146. The van der Waals surface area contributed by atoms with Crippen LogP contribution in [0.4, 0.5) is 0 Å². The Balaban J connectivity index is 1.59. The molecule has 0 aliphatic carbocycles. The Morgan fingerprint density at radius 2 is 1.76 bits per heavy atom. The van der Waals surface area contributed by atoms with E-state index in [1.54, 1.807) is 12.4 Å². The van der Waals surface area contributed by atoms with Crippen molar-refractivity contribution in [2.45, 2.75) is 67.0 Å². The van der Waals surface area contributed by atoms with Crippen LogP contribution in [0.3, 0.4) is 0 Å². The summed E-state index contributed by atoms with van der Waals surface area (Å²) in [4.78, 5) is 24.2.